The van der Waals surface area contributed by atoms with E-state index in [4.69, 9.17) is 0 Å². The van der Waals surface area contributed by atoms with E-state index >= 15 is 0 Å². The summed E-state index contributed by atoms with van der Waals surface area (Å²) in [7, 11) is 0. The molecule has 0 aliphatic carbocycles. The highest BCUT2D eigenvalue weighted by Crippen LogP contribution is 2.49. The first-order chi connectivity index (χ1) is 38.6. The highest BCUT2D eigenvalue weighted by Gasteiger charge is 2.23. The van der Waals surface area contributed by atoms with E-state index in [1.165, 1.54) is 142 Å². The first kappa shape index (κ1) is 46.7. The maximum atomic E-state index is 2.50. The van der Waals surface area contributed by atoms with Crippen molar-refractivity contribution in [1.29, 1.82) is 0 Å². The lowest BCUT2D eigenvalue weighted by atomic mass is 9.82. The Morgan fingerprint density at radius 3 is 1.00 bits per heavy atom. The lowest BCUT2D eigenvalue weighted by molar-refractivity contribution is 1.18. The number of para-hydroxylation sites is 4. The van der Waals surface area contributed by atoms with Gasteiger partial charge in [-0.15, -0.1) is 0 Å². The maximum Gasteiger partial charge on any atom is 0.0541 e. The van der Waals surface area contributed by atoms with E-state index in [0.29, 0.717) is 0 Å². The first-order valence-corrected chi connectivity index (χ1v) is 27.5. The minimum Gasteiger partial charge on any atom is -0.309 e. The Kier molecular flexibility index (Phi) is 11.5. The lowest BCUT2D eigenvalue weighted by Gasteiger charge is -2.21. The Balaban J connectivity index is 0.00000273. The number of nitrogens with zero attached hydrogens (tertiary/aromatic N) is 2. The average molecular weight is 997 g/mol. The molecule has 0 saturated carbocycles. The standard InChI is InChI=1S/C74H50N2.C2H6/c1-3-19-53-47(2)20-18-31-58(53)74-63-29-8-6-27-61(63)73(62-28-7-9-30-64(62)74)50-40-45-65-66(46-50)72(49-38-43-52(44-39-49)76-69-34-16-12-23-56(69)57-24-13-17-35-70(57)76)60-26-5-4-25-59(60)71(65)48-36-41-51(42-37-48)75-67-32-14-10-21-54(67)55-22-11-15-33-68(55)75;1-2/h3-46H,1-2H3;1-2H3/b19-3-;. The Bertz CT molecular complexity index is 4710. The summed E-state index contributed by atoms with van der Waals surface area (Å²) in [6.45, 7) is 8.33. The Labute approximate surface area is 455 Å². The van der Waals surface area contributed by atoms with Crippen molar-refractivity contribution in [3.8, 4) is 55.9 Å². The third-order valence-corrected chi connectivity index (χ3v) is 16.2. The van der Waals surface area contributed by atoms with Crippen LogP contribution in [0.4, 0.5) is 0 Å². The van der Waals surface area contributed by atoms with Crippen LogP contribution < -0.4 is 0 Å². The summed E-state index contributed by atoms with van der Waals surface area (Å²) in [4.78, 5) is 0. The summed E-state index contributed by atoms with van der Waals surface area (Å²) in [5.41, 5.74) is 19.4. The Morgan fingerprint density at radius 1 is 0.282 bits per heavy atom. The van der Waals surface area contributed by atoms with Gasteiger partial charge in [0.2, 0.25) is 0 Å². The molecule has 370 valence electrons. The van der Waals surface area contributed by atoms with E-state index in [-0.39, 0.29) is 0 Å². The van der Waals surface area contributed by atoms with Gasteiger partial charge in [0.1, 0.15) is 0 Å². The summed E-state index contributed by atoms with van der Waals surface area (Å²) in [6.07, 6.45) is 4.43. The Hall–Kier alpha value is -9.76. The fourth-order valence-electron chi connectivity index (χ4n) is 12.9. The van der Waals surface area contributed by atoms with Gasteiger partial charge in [-0.1, -0.05) is 226 Å². The van der Waals surface area contributed by atoms with Crippen LogP contribution in [0.15, 0.2) is 261 Å². The molecule has 2 heterocycles. The predicted molar refractivity (Wildman–Crippen MR) is 338 cm³/mol. The van der Waals surface area contributed by atoms with Gasteiger partial charge in [-0.05, 0) is 167 Å². The van der Waals surface area contributed by atoms with Gasteiger partial charge in [0.05, 0.1) is 22.1 Å². The zero-order valence-corrected chi connectivity index (χ0v) is 44.3. The molecule has 15 aromatic rings. The number of fused-ring (bicyclic) bond motifs is 10. The minimum atomic E-state index is 1.14. The van der Waals surface area contributed by atoms with Crippen LogP contribution in [0.5, 0.6) is 0 Å². The summed E-state index contributed by atoms with van der Waals surface area (Å²) in [5.74, 6) is 0. The highest BCUT2D eigenvalue weighted by molar-refractivity contribution is 6.25. The van der Waals surface area contributed by atoms with Crippen LogP contribution >= 0.6 is 0 Å². The monoisotopic (exact) mass is 996 g/mol. The van der Waals surface area contributed by atoms with Crippen LogP contribution in [0.3, 0.4) is 0 Å². The van der Waals surface area contributed by atoms with Gasteiger partial charge in [0.15, 0.2) is 0 Å². The fraction of sp³-hybridized carbons (Fsp3) is 0.0526. The fourth-order valence-corrected chi connectivity index (χ4v) is 12.9. The molecule has 2 nitrogen and oxygen atoms in total. The molecule has 0 bridgehead atoms. The van der Waals surface area contributed by atoms with Crippen molar-refractivity contribution in [1.82, 2.24) is 9.13 Å². The van der Waals surface area contributed by atoms with Gasteiger partial charge in [0.25, 0.3) is 0 Å². The van der Waals surface area contributed by atoms with Gasteiger partial charge >= 0.3 is 0 Å². The topological polar surface area (TPSA) is 9.86 Å². The molecule has 0 atom stereocenters. The number of hydrogen-bond acceptors (Lipinski definition) is 0. The Morgan fingerprint density at radius 2 is 0.603 bits per heavy atom. The molecule has 0 spiro atoms. The SMILES string of the molecule is C/C=C\c1c(C)cccc1-c1c2ccccc2c(-c2ccc3c(-c4ccc(-n5c6ccccc6c6ccccc65)cc4)c4ccccc4c(-c4ccc(-n5c6ccccc6c6ccccc65)cc4)c3c2)c2ccccc12.CC. The van der Waals surface area contributed by atoms with Crippen molar-refractivity contribution in [3.05, 3.63) is 272 Å². The molecule has 0 radical (unpaired) electrons. The number of benzene rings is 13. The van der Waals surface area contributed by atoms with E-state index in [9.17, 15) is 0 Å². The van der Waals surface area contributed by atoms with Crippen molar-refractivity contribution < 1.29 is 0 Å². The molecule has 0 aliphatic rings. The molecule has 15 rings (SSSR count). The molecule has 0 unspecified atom stereocenters. The van der Waals surface area contributed by atoms with E-state index in [1.807, 2.05) is 13.8 Å². The van der Waals surface area contributed by atoms with Gasteiger partial charge in [-0.25, -0.2) is 0 Å². The molecule has 0 fully saturated rings. The maximum absolute atomic E-state index is 2.50. The van der Waals surface area contributed by atoms with Gasteiger partial charge in [-0.3, -0.25) is 0 Å². The second-order valence-electron chi connectivity index (χ2n) is 20.3. The van der Waals surface area contributed by atoms with Crippen molar-refractivity contribution in [2.45, 2.75) is 27.7 Å². The van der Waals surface area contributed by atoms with E-state index in [1.54, 1.807) is 0 Å². The number of hydrogen-bond donors (Lipinski definition) is 0. The van der Waals surface area contributed by atoms with Crippen molar-refractivity contribution >= 4 is 92.8 Å². The molecular formula is C76H56N2. The largest absolute Gasteiger partial charge is 0.309 e. The zero-order chi connectivity index (χ0) is 52.4. The average Bonchev–Trinajstić information content (AvgIpc) is 4.17. The number of allylic oxidation sites excluding steroid dienone is 1. The van der Waals surface area contributed by atoms with Crippen LogP contribution in [0.25, 0.3) is 149 Å². The highest BCUT2D eigenvalue weighted by atomic mass is 15.0. The molecule has 0 aliphatic heterocycles. The number of rotatable bonds is 7. The summed E-state index contributed by atoms with van der Waals surface area (Å²) in [5, 5.41) is 14.9. The van der Waals surface area contributed by atoms with Crippen LogP contribution in [-0.4, -0.2) is 9.13 Å². The third kappa shape index (κ3) is 7.25. The number of aromatic nitrogens is 2. The normalized spacial score (nSPS) is 11.8. The zero-order valence-electron chi connectivity index (χ0n) is 44.3. The van der Waals surface area contributed by atoms with Crippen molar-refractivity contribution in [2.75, 3.05) is 0 Å². The second-order valence-corrected chi connectivity index (χ2v) is 20.3. The molecule has 13 aromatic carbocycles. The number of aryl methyl sites for hydroxylation is 1. The molecule has 0 saturated heterocycles. The van der Waals surface area contributed by atoms with Crippen molar-refractivity contribution in [3.63, 3.8) is 0 Å². The molecule has 0 amide bonds. The summed E-state index contributed by atoms with van der Waals surface area (Å²) < 4.78 is 4.82. The van der Waals surface area contributed by atoms with Gasteiger partial charge < -0.3 is 9.13 Å². The van der Waals surface area contributed by atoms with Crippen LogP contribution in [-0.2, 0) is 0 Å². The van der Waals surface area contributed by atoms with Crippen LogP contribution in [0.1, 0.15) is 31.9 Å². The smallest absolute Gasteiger partial charge is 0.0541 e. The third-order valence-electron chi connectivity index (χ3n) is 16.2. The van der Waals surface area contributed by atoms with E-state index in [2.05, 4.69) is 290 Å². The van der Waals surface area contributed by atoms with Gasteiger partial charge in [0, 0.05) is 32.9 Å². The summed E-state index contributed by atoms with van der Waals surface area (Å²) >= 11 is 0. The molecule has 0 N–H and O–H groups in total. The predicted octanol–water partition coefficient (Wildman–Crippen LogP) is 21.5. The quantitative estimate of drug-likeness (QED) is 0.141. The molecule has 2 aromatic heterocycles. The second kappa shape index (κ2) is 19.1. The lowest BCUT2D eigenvalue weighted by Crippen LogP contribution is -1.96. The van der Waals surface area contributed by atoms with Crippen molar-refractivity contribution in [2.24, 2.45) is 0 Å². The molecular weight excluding hydrogens is 941 g/mol. The molecule has 2 heteroatoms. The minimum absolute atomic E-state index is 1.14. The van der Waals surface area contributed by atoms with E-state index < -0.39 is 0 Å². The van der Waals surface area contributed by atoms with Crippen LogP contribution in [0, 0.1) is 6.92 Å². The first-order valence-electron chi connectivity index (χ1n) is 27.5. The van der Waals surface area contributed by atoms with Crippen LogP contribution in [0.2, 0.25) is 0 Å². The molecule has 78 heavy (non-hydrogen) atoms. The van der Waals surface area contributed by atoms with Gasteiger partial charge in [-0.2, -0.15) is 0 Å². The summed E-state index contributed by atoms with van der Waals surface area (Å²) in [6, 6.07) is 94.8. The van der Waals surface area contributed by atoms with E-state index in [0.717, 1.165) is 11.4 Å².